The van der Waals surface area contributed by atoms with E-state index in [1.165, 1.54) is 11.3 Å². The molecule has 0 fully saturated rings. The van der Waals surface area contributed by atoms with E-state index in [4.69, 9.17) is 5.11 Å². The lowest BCUT2D eigenvalue weighted by molar-refractivity contribution is -0.138. The Morgan fingerprint density at radius 1 is 1.69 bits per heavy atom. The summed E-state index contributed by atoms with van der Waals surface area (Å²) in [7, 11) is 0. The van der Waals surface area contributed by atoms with E-state index in [2.05, 4.69) is 4.98 Å². The lowest BCUT2D eigenvalue weighted by atomic mass is 10.1. The number of carbonyl (C=O) groups is 1. The number of aromatic nitrogens is 1. The normalized spacial score (nSPS) is 12.8. The number of thioether (sulfide) groups is 1. The molecular weight excluding hydrogens is 206 g/mol. The fourth-order valence-electron chi connectivity index (χ4n) is 0.984. The number of aryl methyl sites for hydroxylation is 1. The summed E-state index contributed by atoms with van der Waals surface area (Å²) in [5, 5.41) is 8.81. The Morgan fingerprint density at radius 2 is 2.31 bits per heavy atom. The molecule has 0 saturated carbocycles. The van der Waals surface area contributed by atoms with Crippen molar-refractivity contribution in [1.82, 2.24) is 4.98 Å². The third-order valence-electron chi connectivity index (χ3n) is 1.75. The van der Waals surface area contributed by atoms with Crippen LogP contribution in [-0.4, -0.2) is 22.3 Å². The molecule has 0 amide bonds. The van der Waals surface area contributed by atoms with Crippen LogP contribution in [0.2, 0.25) is 0 Å². The molecule has 1 heterocycles. The standard InChI is InChI=1S/C8H11NO2S2/c1-4(7(10)11)6-5(2)9-8(12-3)13-6/h4H,1-3H3,(H,10,11). The molecule has 0 bridgehead atoms. The maximum atomic E-state index is 10.7. The zero-order valence-electron chi connectivity index (χ0n) is 7.70. The van der Waals surface area contributed by atoms with Gasteiger partial charge in [-0.05, 0) is 20.1 Å². The Morgan fingerprint density at radius 3 is 2.69 bits per heavy atom. The first-order valence-corrected chi connectivity index (χ1v) is 5.84. The van der Waals surface area contributed by atoms with Crippen LogP contribution in [0.4, 0.5) is 0 Å². The van der Waals surface area contributed by atoms with E-state index in [9.17, 15) is 4.79 Å². The molecular formula is C8H11NO2S2. The van der Waals surface area contributed by atoms with Crippen molar-refractivity contribution in [2.75, 3.05) is 6.26 Å². The summed E-state index contributed by atoms with van der Waals surface area (Å²) in [5.41, 5.74) is 0.837. The minimum atomic E-state index is -0.792. The average Bonchev–Trinajstić information content (AvgIpc) is 2.45. The van der Waals surface area contributed by atoms with Crippen molar-refractivity contribution in [1.29, 1.82) is 0 Å². The highest BCUT2D eigenvalue weighted by molar-refractivity contribution is 8.00. The van der Waals surface area contributed by atoms with Gasteiger partial charge in [-0.2, -0.15) is 0 Å². The Hall–Kier alpha value is -0.550. The van der Waals surface area contributed by atoms with Gasteiger partial charge in [0.2, 0.25) is 0 Å². The fraction of sp³-hybridized carbons (Fsp3) is 0.500. The molecule has 0 saturated heterocycles. The van der Waals surface area contributed by atoms with Gasteiger partial charge in [-0.25, -0.2) is 4.98 Å². The molecule has 0 aliphatic carbocycles. The largest absolute Gasteiger partial charge is 0.481 e. The summed E-state index contributed by atoms with van der Waals surface area (Å²) < 4.78 is 0.931. The number of carboxylic acid groups (broad SMARTS) is 1. The summed E-state index contributed by atoms with van der Waals surface area (Å²) in [6, 6.07) is 0. The Bertz CT molecular complexity index is 322. The molecule has 13 heavy (non-hydrogen) atoms. The third kappa shape index (κ3) is 2.22. The van der Waals surface area contributed by atoms with E-state index in [1.54, 1.807) is 18.7 Å². The van der Waals surface area contributed by atoms with Gasteiger partial charge in [0.25, 0.3) is 0 Å². The average molecular weight is 217 g/mol. The molecule has 0 aliphatic heterocycles. The predicted octanol–water partition coefficient (Wildman–Crippen LogP) is 2.36. The minimum Gasteiger partial charge on any atom is -0.481 e. The first kappa shape index (κ1) is 10.5. The number of rotatable bonds is 3. The first-order chi connectivity index (χ1) is 6.06. The number of carboxylic acids is 1. The van der Waals surface area contributed by atoms with Gasteiger partial charge in [0, 0.05) is 4.88 Å². The Kier molecular flexibility index (Phi) is 3.33. The molecule has 1 atom stereocenters. The van der Waals surface area contributed by atoms with Gasteiger partial charge in [0.05, 0.1) is 11.6 Å². The van der Waals surface area contributed by atoms with E-state index in [-0.39, 0.29) is 0 Å². The molecule has 0 aromatic carbocycles. The molecule has 1 aromatic rings. The smallest absolute Gasteiger partial charge is 0.311 e. The second kappa shape index (κ2) is 4.11. The lowest BCUT2D eigenvalue weighted by Gasteiger charge is -2.01. The van der Waals surface area contributed by atoms with Gasteiger partial charge in [0.1, 0.15) is 4.34 Å². The van der Waals surface area contributed by atoms with E-state index in [1.807, 2.05) is 13.2 Å². The van der Waals surface area contributed by atoms with Crippen LogP contribution in [0, 0.1) is 6.92 Å². The molecule has 72 valence electrons. The second-order valence-corrected chi connectivity index (χ2v) is 4.78. The quantitative estimate of drug-likeness (QED) is 0.790. The van der Waals surface area contributed by atoms with Gasteiger partial charge >= 0.3 is 5.97 Å². The van der Waals surface area contributed by atoms with Crippen LogP contribution in [0.5, 0.6) is 0 Å². The Labute approximate surface area is 85.2 Å². The zero-order valence-corrected chi connectivity index (χ0v) is 9.33. The van der Waals surface area contributed by atoms with Crippen LogP contribution in [0.1, 0.15) is 23.4 Å². The highest BCUT2D eigenvalue weighted by atomic mass is 32.2. The number of hydrogen-bond acceptors (Lipinski definition) is 4. The van der Waals surface area contributed by atoms with Crippen LogP contribution in [0.3, 0.4) is 0 Å². The van der Waals surface area contributed by atoms with Crippen molar-refractivity contribution >= 4 is 29.1 Å². The maximum absolute atomic E-state index is 10.7. The van der Waals surface area contributed by atoms with Crippen LogP contribution in [-0.2, 0) is 4.79 Å². The van der Waals surface area contributed by atoms with Crippen molar-refractivity contribution in [3.63, 3.8) is 0 Å². The molecule has 0 radical (unpaired) electrons. The van der Waals surface area contributed by atoms with Crippen molar-refractivity contribution in [2.24, 2.45) is 0 Å². The van der Waals surface area contributed by atoms with Crippen LogP contribution in [0.15, 0.2) is 4.34 Å². The molecule has 0 spiro atoms. The van der Waals surface area contributed by atoms with Crippen molar-refractivity contribution in [2.45, 2.75) is 24.1 Å². The highest BCUT2D eigenvalue weighted by Gasteiger charge is 2.19. The van der Waals surface area contributed by atoms with Crippen molar-refractivity contribution in [3.8, 4) is 0 Å². The molecule has 3 nitrogen and oxygen atoms in total. The second-order valence-electron chi connectivity index (χ2n) is 2.69. The van der Waals surface area contributed by atoms with Crippen LogP contribution in [0.25, 0.3) is 0 Å². The lowest BCUT2D eigenvalue weighted by Crippen LogP contribution is -2.06. The van der Waals surface area contributed by atoms with Gasteiger partial charge < -0.3 is 5.11 Å². The molecule has 1 aromatic heterocycles. The van der Waals surface area contributed by atoms with E-state index < -0.39 is 11.9 Å². The summed E-state index contributed by atoms with van der Waals surface area (Å²) in [5.74, 6) is -1.24. The SMILES string of the molecule is CSc1nc(C)c(C(C)C(=O)O)s1. The topological polar surface area (TPSA) is 50.2 Å². The van der Waals surface area contributed by atoms with Gasteiger partial charge in [0.15, 0.2) is 0 Å². The van der Waals surface area contributed by atoms with Crippen LogP contribution < -0.4 is 0 Å². The van der Waals surface area contributed by atoms with Gasteiger partial charge in [-0.1, -0.05) is 11.8 Å². The molecule has 0 aliphatic rings. The monoisotopic (exact) mass is 217 g/mol. The zero-order chi connectivity index (χ0) is 10.0. The summed E-state index contributed by atoms with van der Waals surface area (Å²) >= 11 is 3.01. The summed E-state index contributed by atoms with van der Waals surface area (Å²) in [4.78, 5) is 15.8. The van der Waals surface area contributed by atoms with E-state index >= 15 is 0 Å². The van der Waals surface area contributed by atoms with E-state index in [0.29, 0.717) is 0 Å². The summed E-state index contributed by atoms with van der Waals surface area (Å²) in [6.07, 6.45) is 1.94. The summed E-state index contributed by atoms with van der Waals surface area (Å²) in [6.45, 7) is 3.54. The number of aliphatic carboxylic acids is 1. The number of hydrogen-bond donors (Lipinski definition) is 1. The Balaban J connectivity index is 3.00. The van der Waals surface area contributed by atoms with Crippen LogP contribution >= 0.6 is 23.1 Å². The van der Waals surface area contributed by atoms with Gasteiger partial charge in [-0.3, -0.25) is 4.79 Å². The molecule has 1 rings (SSSR count). The van der Waals surface area contributed by atoms with Crippen molar-refractivity contribution in [3.05, 3.63) is 10.6 Å². The molecule has 1 unspecified atom stereocenters. The van der Waals surface area contributed by atoms with Crippen molar-refractivity contribution < 1.29 is 9.90 Å². The highest BCUT2D eigenvalue weighted by Crippen LogP contribution is 2.30. The van der Waals surface area contributed by atoms with E-state index in [0.717, 1.165) is 14.9 Å². The number of thiazole rings is 1. The minimum absolute atomic E-state index is 0.446. The maximum Gasteiger partial charge on any atom is 0.311 e. The fourth-order valence-corrected chi connectivity index (χ4v) is 2.66. The van der Waals surface area contributed by atoms with Gasteiger partial charge in [-0.15, -0.1) is 11.3 Å². The third-order valence-corrected chi connectivity index (χ3v) is 4.08. The predicted molar refractivity (Wildman–Crippen MR) is 54.7 cm³/mol. The number of nitrogens with zero attached hydrogens (tertiary/aromatic N) is 1. The molecule has 1 N–H and O–H groups in total. The molecule has 5 heteroatoms. The first-order valence-electron chi connectivity index (χ1n) is 3.80.